The molecule has 0 spiro atoms. The highest BCUT2D eigenvalue weighted by Gasteiger charge is 2.03. The maximum absolute atomic E-state index is 9.97. The predicted molar refractivity (Wildman–Crippen MR) is 35.1 cm³/mol. The van der Waals surface area contributed by atoms with Gasteiger partial charge in [0.1, 0.15) is 0 Å². The Balaban J connectivity index is 3.32. The van der Waals surface area contributed by atoms with Gasteiger partial charge in [0.2, 0.25) is 0 Å². The van der Waals surface area contributed by atoms with Gasteiger partial charge in [-0.05, 0) is 6.42 Å². The number of carbonyl (C=O) groups is 1. The molecule has 0 aliphatic heterocycles. The van der Waals surface area contributed by atoms with E-state index in [0.717, 1.165) is 0 Å². The number of nitrogens with two attached hydrogens (primary N) is 1. The molecule has 1 atom stereocenters. The number of carboxylic acids is 1. The van der Waals surface area contributed by atoms with Gasteiger partial charge in [0.15, 0.2) is 0 Å². The third-order valence-corrected chi connectivity index (χ3v) is 1.08. The van der Waals surface area contributed by atoms with Crippen LogP contribution in [-0.2, 0) is 4.79 Å². The van der Waals surface area contributed by atoms with Crippen LogP contribution in [0.25, 0.3) is 0 Å². The molecule has 0 aliphatic rings. The first-order valence-electron chi connectivity index (χ1n) is 3.01. The Labute approximate surface area is 59.3 Å². The van der Waals surface area contributed by atoms with Gasteiger partial charge < -0.3 is 10.8 Å². The van der Waals surface area contributed by atoms with Crippen LogP contribution in [0.2, 0.25) is 0 Å². The van der Waals surface area contributed by atoms with Crippen molar-refractivity contribution in [1.82, 2.24) is 0 Å². The van der Waals surface area contributed by atoms with E-state index in [9.17, 15) is 4.79 Å². The van der Waals surface area contributed by atoms with E-state index >= 15 is 0 Å². The molecule has 0 saturated heterocycles. The normalized spacial score (nSPS) is 12.0. The summed E-state index contributed by atoms with van der Waals surface area (Å²) in [5, 5.41) is 16.3. The van der Waals surface area contributed by atoms with Crippen molar-refractivity contribution in [3.05, 3.63) is 0 Å². The fourth-order valence-corrected chi connectivity index (χ4v) is 0.528. The van der Waals surface area contributed by atoms with Crippen LogP contribution in [0.5, 0.6) is 0 Å². The summed E-state index contributed by atoms with van der Waals surface area (Å²) in [6.07, 6.45) is 0.652. The predicted octanol–water partition coefficient (Wildman–Crippen LogP) is 0.0922. The lowest BCUT2D eigenvalue weighted by Gasteiger charge is -2.02. The van der Waals surface area contributed by atoms with E-state index < -0.39 is 5.97 Å². The second-order valence-corrected chi connectivity index (χ2v) is 2.05. The summed E-state index contributed by atoms with van der Waals surface area (Å²) >= 11 is 0. The molecular formula is C6H10N2O2. The molecule has 4 nitrogen and oxygen atoms in total. The number of carboxylic acid groups (broad SMARTS) is 1. The largest absolute Gasteiger partial charge is 0.481 e. The number of nitriles is 1. The van der Waals surface area contributed by atoms with Gasteiger partial charge >= 0.3 is 5.97 Å². The van der Waals surface area contributed by atoms with E-state index in [1.54, 1.807) is 0 Å². The summed E-state index contributed by atoms with van der Waals surface area (Å²) in [5.41, 5.74) is 5.35. The Morgan fingerprint density at radius 3 is 2.80 bits per heavy atom. The molecule has 0 aromatic carbocycles. The number of hydrogen-bond acceptors (Lipinski definition) is 3. The Morgan fingerprint density at radius 2 is 2.40 bits per heavy atom. The van der Waals surface area contributed by atoms with Crippen molar-refractivity contribution in [1.29, 1.82) is 5.26 Å². The maximum atomic E-state index is 9.97. The Bertz CT molecular complexity index is 150. The lowest BCUT2D eigenvalue weighted by Crippen LogP contribution is -2.20. The average Bonchev–Trinajstić information content (AvgIpc) is 1.85. The quantitative estimate of drug-likeness (QED) is 0.582. The van der Waals surface area contributed by atoms with Crippen LogP contribution < -0.4 is 5.73 Å². The van der Waals surface area contributed by atoms with E-state index in [4.69, 9.17) is 16.1 Å². The smallest absolute Gasteiger partial charge is 0.303 e. The topological polar surface area (TPSA) is 87.1 Å². The third kappa shape index (κ3) is 5.06. The molecule has 0 radical (unpaired) electrons. The molecule has 3 N–H and O–H groups in total. The van der Waals surface area contributed by atoms with Gasteiger partial charge in [-0.3, -0.25) is 4.79 Å². The van der Waals surface area contributed by atoms with Crippen LogP contribution >= 0.6 is 0 Å². The molecule has 1 unspecified atom stereocenters. The van der Waals surface area contributed by atoms with Crippen LogP contribution in [0.4, 0.5) is 0 Å². The molecule has 0 saturated carbocycles. The van der Waals surface area contributed by atoms with Crippen molar-refractivity contribution in [2.75, 3.05) is 0 Å². The zero-order chi connectivity index (χ0) is 7.98. The van der Waals surface area contributed by atoms with Gasteiger partial charge in [0.25, 0.3) is 0 Å². The summed E-state index contributed by atoms with van der Waals surface area (Å²) in [5.74, 6) is -0.867. The highest BCUT2D eigenvalue weighted by Crippen LogP contribution is 1.97. The molecular weight excluding hydrogens is 132 g/mol. The number of nitrogens with zero attached hydrogens (tertiary/aromatic N) is 1. The Morgan fingerprint density at radius 1 is 1.80 bits per heavy atom. The van der Waals surface area contributed by atoms with Crippen molar-refractivity contribution in [2.45, 2.75) is 25.3 Å². The number of rotatable bonds is 4. The van der Waals surface area contributed by atoms with Crippen molar-refractivity contribution >= 4 is 5.97 Å². The van der Waals surface area contributed by atoms with E-state index in [0.29, 0.717) is 6.42 Å². The third-order valence-electron chi connectivity index (χ3n) is 1.08. The van der Waals surface area contributed by atoms with Crippen molar-refractivity contribution in [3.8, 4) is 6.07 Å². The first kappa shape index (κ1) is 8.92. The van der Waals surface area contributed by atoms with Crippen molar-refractivity contribution in [3.63, 3.8) is 0 Å². The van der Waals surface area contributed by atoms with Gasteiger partial charge in [-0.15, -0.1) is 0 Å². The minimum absolute atomic E-state index is 0.0445. The maximum Gasteiger partial charge on any atom is 0.303 e. The van der Waals surface area contributed by atoms with E-state index in [1.807, 2.05) is 6.07 Å². The summed E-state index contributed by atoms with van der Waals surface area (Å²) in [7, 11) is 0. The minimum Gasteiger partial charge on any atom is -0.481 e. The number of aliphatic carboxylic acids is 1. The summed E-state index contributed by atoms with van der Waals surface area (Å²) < 4.78 is 0. The van der Waals surface area contributed by atoms with Gasteiger partial charge in [0.05, 0.1) is 12.5 Å². The van der Waals surface area contributed by atoms with Crippen molar-refractivity contribution in [2.24, 2.45) is 5.73 Å². The van der Waals surface area contributed by atoms with Crippen LogP contribution in [0.1, 0.15) is 19.3 Å². The fourth-order valence-electron chi connectivity index (χ4n) is 0.528. The minimum atomic E-state index is -0.867. The van der Waals surface area contributed by atoms with Gasteiger partial charge in [-0.2, -0.15) is 5.26 Å². The first-order valence-corrected chi connectivity index (χ1v) is 3.01. The molecule has 0 heterocycles. The second-order valence-electron chi connectivity index (χ2n) is 2.05. The molecule has 10 heavy (non-hydrogen) atoms. The SMILES string of the molecule is N#CCC(N)CCC(=O)O. The Hall–Kier alpha value is -1.08. The second kappa shape index (κ2) is 4.77. The lowest BCUT2D eigenvalue weighted by atomic mass is 10.1. The Kier molecular flexibility index (Phi) is 4.25. The standard InChI is InChI=1S/C6H10N2O2/c7-4-3-5(8)1-2-6(9)10/h5H,1-3,8H2,(H,9,10). The van der Waals surface area contributed by atoms with Gasteiger partial charge in [-0.25, -0.2) is 0 Å². The monoisotopic (exact) mass is 142 g/mol. The summed E-state index contributed by atoms with van der Waals surface area (Å²) in [4.78, 5) is 9.97. The zero-order valence-electron chi connectivity index (χ0n) is 5.58. The van der Waals surface area contributed by atoms with E-state index in [2.05, 4.69) is 0 Å². The van der Waals surface area contributed by atoms with Crippen LogP contribution in [0, 0.1) is 11.3 Å². The van der Waals surface area contributed by atoms with Crippen LogP contribution in [-0.4, -0.2) is 17.1 Å². The summed E-state index contributed by atoms with van der Waals surface area (Å²) in [6.45, 7) is 0. The molecule has 4 heteroatoms. The average molecular weight is 142 g/mol. The molecule has 56 valence electrons. The van der Waals surface area contributed by atoms with Gasteiger partial charge in [-0.1, -0.05) is 0 Å². The summed E-state index contributed by atoms with van der Waals surface area (Å²) in [6, 6.07) is 1.58. The van der Waals surface area contributed by atoms with Crippen LogP contribution in [0.15, 0.2) is 0 Å². The highest BCUT2D eigenvalue weighted by atomic mass is 16.4. The molecule has 0 rings (SSSR count). The van der Waals surface area contributed by atoms with E-state index in [-0.39, 0.29) is 18.9 Å². The molecule has 0 amide bonds. The van der Waals surface area contributed by atoms with Crippen molar-refractivity contribution < 1.29 is 9.90 Å². The van der Waals surface area contributed by atoms with Crippen LogP contribution in [0.3, 0.4) is 0 Å². The van der Waals surface area contributed by atoms with Gasteiger partial charge in [0, 0.05) is 12.5 Å². The fraction of sp³-hybridized carbons (Fsp3) is 0.667. The van der Waals surface area contributed by atoms with E-state index in [1.165, 1.54) is 0 Å². The molecule has 0 aromatic rings. The molecule has 0 aromatic heterocycles. The molecule has 0 bridgehead atoms. The zero-order valence-corrected chi connectivity index (χ0v) is 5.58. The molecule has 0 fully saturated rings. The molecule has 0 aliphatic carbocycles. The first-order chi connectivity index (χ1) is 4.66. The highest BCUT2D eigenvalue weighted by molar-refractivity contribution is 5.66. The lowest BCUT2D eigenvalue weighted by molar-refractivity contribution is -0.137. The number of hydrogen-bond donors (Lipinski definition) is 2.